The lowest BCUT2D eigenvalue weighted by atomic mass is 9.99. The van der Waals surface area contributed by atoms with Crippen LogP contribution in [0, 0.1) is 0 Å². The van der Waals surface area contributed by atoms with Crippen molar-refractivity contribution in [3.63, 3.8) is 0 Å². The summed E-state index contributed by atoms with van der Waals surface area (Å²) in [6.45, 7) is 0. The maximum Gasteiger partial charge on any atom is 0.336 e. The van der Waals surface area contributed by atoms with Gasteiger partial charge in [-0.1, -0.05) is 22.0 Å². The van der Waals surface area contributed by atoms with E-state index in [4.69, 9.17) is 9.47 Å². The number of ether oxygens (including phenoxy) is 2. The van der Waals surface area contributed by atoms with E-state index in [0.29, 0.717) is 17.1 Å². The number of benzene rings is 2. The van der Waals surface area contributed by atoms with Crippen LogP contribution in [0.15, 0.2) is 40.9 Å². The molecule has 0 saturated heterocycles. The molecule has 0 fully saturated rings. The number of halogens is 1. The largest absolute Gasteiger partial charge is 0.493 e. The molecule has 0 spiro atoms. The summed E-state index contributed by atoms with van der Waals surface area (Å²) in [5.41, 5.74) is 1.61. The molecule has 0 amide bonds. The Labute approximate surface area is 125 Å². The van der Waals surface area contributed by atoms with E-state index >= 15 is 0 Å². The standard InChI is InChI=1S/C15H13BrO4/c1-19-13-6-3-9(7-14(13)20-2)12-8-10(16)4-5-11(12)15(17)18/h3-8H,1-2H3,(H,17,18). The minimum absolute atomic E-state index is 0.236. The molecule has 0 aliphatic carbocycles. The van der Waals surface area contributed by atoms with E-state index in [1.165, 1.54) is 0 Å². The third-order valence-electron chi connectivity index (χ3n) is 2.91. The van der Waals surface area contributed by atoms with E-state index in [2.05, 4.69) is 15.9 Å². The van der Waals surface area contributed by atoms with Gasteiger partial charge in [0.1, 0.15) is 0 Å². The first kappa shape index (κ1) is 14.4. The van der Waals surface area contributed by atoms with Crippen molar-refractivity contribution >= 4 is 21.9 Å². The van der Waals surface area contributed by atoms with Crippen LogP contribution >= 0.6 is 15.9 Å². The molecule has 0 aromatic heterocycles. The van der Waals surface area contributed by atoms with Gasteiger partial charge in [0, 0.05) is 4.47 Å². The van der Waals surface area contributed by atoms with Crippen LogP contribution in [0.4, 0.5) is 0 Å². The molecule has 0 heterocycles. The lowest BCUT2D eigenvalue weighted by Gasteiger charge is -2.11. The lowest BCUT2D eigenvalue weighted by molar-refractivity contribution is 0.0697. The van der Waals surface area contributed by atoms with Crippen molar-refractivity contribution in [2.45, 2.75) is 0 Å². The summed E-state index contributed by atoms with van der Waals surface area (Å²) in [4.78, 5) is 11.3. The summed E-state index contributed by atoms with van der Waals surface area (Å²) in [6.07, 6.45) is 0. The summed E-state index contributed by atoms with van der Waals surface area (Å²) < 4.78 is 11.2. The number of hydrogen-bond donors (Lipinski definition) is 1. The lowest BCUT2D eigenvalue weighted by Crippen LogP contribution is -2.00. The Morgan fingerprint density at radius 1 is 1.05 bits per heavy atom. The highest BCUT2D eigenvalue weighted by atomic mass is 79.9. The molecular formula is C15H13BrO4. The Morgan fingerprint density at radius 3 is 2.35 bits per heavy atom. The Bertz CT molecular complexity index is 652. The van der Waals surface area contributed by atoms with Gasteiger partial charge >= 0.3 is 5.97 Å². The normalized spacial score (nSPS) is 10.2. The van der Waals surface area contributed by atoms with Crippen molar-refractivity contribution in [2.24, 2.45) is 0 Å². The molecule has 0 atom stereocenters. The fraction of sp³-hybridized carbons (Fsp3) is 0.133. The van der Waals surface area contributed by atoms with E-state index < -0.39 is 5.97 Å². The van der Waals surface area contributed by atoms with Crippen molar-refractivity contribution in [3.05, 3.63) is 46.4 Å². The van der Waals surface area contributed by atoms with E-state index in [9.17, 15) is 9.90 Å². The van der Waals surface area contributed by atoms with Crippen LogP contribution in [0.2, 0.25) is 0 Å². The number of hydrogen-bond acceptors (Lipinski definition) is 3. The summed E-state index contributed by atoms with van der Waals surface area (Å²) in [7, 11) is 3.10. The van der Waals surface area contributed by atoms with Crippen LogP contribution in [-0.4, -0.2) is 25.3 Å². The Kier molecular flexibility index (Phi) is 4.29. The van der Waals surface area contributed by atoms with Gasteiger partial charge in [-0.3, -0.25) is 0 Å². The number of aromatic carboxylic acids is 1. The molecule has 2 aromatic carbocycles. The molecule has 4 nitrogen and oxygen atoms in total. The maximum atomic E-state index is 11.3. The summed E-state index contributed by atoms with van der Waals surface area (Å²) in [5, 5.41) is 9.27. The molecule has 2 rings (SSSR count). The van der Waals surface area contributed by atoms with Crippen LogP contribution in [0.5, 0.6) is 11.5 Å². The first-order valence-corrected chi connectivity index (χ1v) is 6.61. The number of carbonyl (C=O) groups is 1. The molecule has 5 heteroatoms. The molecule has 20 heavy (non-hydrogen) atoms. The van der Waals surface area contributed by atoms with Gasteiger partial charge in [-0.15, -0.1) is 0 Å². The van der Waals surface area contributed by atoms with Gasteiger partial charge in [0.05, 0.1) is 19.8 Å². The van der Waals surface area contributed by atoms with Crippen LogP contribution in [0.1, 0.15) is 10.4 Å². The zero-order chi connectivity index (χ0) is 14.7. The molecule has 0 bridgehead atoms. The van der Waals surface area contributed by atoms with Crippen molar-refractivity contribution in [3.8, 4) is 22.6 Å². The van der Waals surface area contributed by atoms with Gasteiger partial charge in [-0.05, 0) is 41.5 Å². The Morgan fingerprint density at radius 2 is 1.75 bits per heavy atom. The topological polar surface area (TPSA) is 55.8 Å². The first-order chi connectivity index (χ1) is 9.56. The fourth-order valence-electron chi connectivity index (χ4n) is 1.95. The predicted molar refractivity (Wildman–Crippen MR) is 79.6 cm³/mol. The molecule has 0 aliphatic heterocycles. The second-order valence-corrected chi connectivity index (χ2v) is 4.98. The van der Waals surface area contributed by atoms with E-state index in [1.54, 1.807) is 50.6 Å². The van der Waals surface area contributed by atoms with Crippen molar-refractivity contribution in [1.29, 1.82) is 0 Å². The zero-order valence-corrected chi connectivity index (χ0v) is 12.6. The average molecular weight is 337 g/mol. The highest BCUT2D eigenvalue weighted by molar-refractivity contribution is 9.10. The molecule has 0 aliphatic rings. The third-order valence-corrected chi connectivity index (χ3v) is 3.40. The summed E-state index contributed by atoms with van der Waals surface area (Å²) in [5.74, 6) is 0.187. The second kappa shape index (κ2) is 5.96. The maximum absolute atomic E-state index is 11.3. The molecule has 1 N–H and O–H groups in total. The van der Waals surface area contributed by atoms with E-state index in [0.717, 1.165) is 10.0 Å². The van der Waals surface area contributed by atoms with Gasteiger partial charge in [-0.2, -0.15) is 0 Å². The van der Waals surface area contributed by atoms with Crippen LogP contribution < -0.4 is 9.47 Å². The SMILES string of the molecule is COc1ccc(-c2cc(Br)ccc2C(=O)O)cc1OC. The Hall–Kier alpha value is -2.01. The van der Waals surface area contributed by atoms with Crippen LogP contribution in [0.3, 0.4) is 0 Å². The fourth-order valence-corrected chi connectivity index (χ4v) is 2.31. The van der Waals surface area contributed by atoms with Gasteiger partial charge in [0.25, 0.3) is 0 Å². The highest BCUT2D eigenvalue weighted by Gasteiger charge is 2.14. The molecule has 2 aromatic rings. The smallest absolute Gasteiger partial charge is 0.336 e. The van der Waals surface area contributed by atoms with Gasteiger partial charge in [0.2, 0.25) is 0 Å². The van der Waals surface area contributed by atoms with Gasteiger partial charge in [0.15, 0.2) is 11.5 Å². The predicted octanol–water partition coefficient (Wildman–Crippen LogP) is 3.83. The molecule has 0 unspecified atom stereocenters. The second-order valence-electron chi connectivity index (χ2n) is 4.06. The molecule has 0 radical (unpaired) electrons. The quantitative estimate of drug-likeness (QED) is 0.921. The van der Waals surface area contributed by atoms with E-state index in [-0.39, 0.29) is 5.56 Å². The Balaban J connectivity index is 2.61. The average Bonchev–Trinajstić information content (AvgIpc) is 2.46. The van der Waals surface area contributed by atoms with Gasteiger partial charge in [-0.25, -0.2) is 4.79 Å². The van der Waals surface area contributed by atoms with E-state index in [1.807, 2.05) is 0 Å². The number of methoxy groups -OCH3 is 2. The van der Waals surface area contributed by atoms with Crippen LogP contribution in [-0.2, 0) is 0 Å². The molecule has 0 saturated carbocycles. The summed E-state index contributed by atoms with van der Waals surface area (Å²) >= 11 is 3.36. The third kappa shape index (κ3) is 2.77. The van der Waals surface area contributed by atoms with Crippen molar-refractivity contribution in [1.82, 2.24) is 0 Å². The zero-order valence-electron chi connectivity index (χ0n) is 11.0. The summed E-state index contributed by atoms with van der Waals surface area (Å²) in [6, 6.07) is 10.3. The monoisotopic (exact) mass is 336 g/mol. The minimum Gasteiger partial charge on any atom is -0.493 e. The van der Waals surface area contributed by atoms with Crippen molar-refractivity contribution in [2.75, 3.05) is 14.2 Å². The first-order valence-electron chi connectivity index (χ1n) is 5.82. The van der Waals surface area contributed by atoms with Crippen LogP contribution in [0.25, 0.3) is 11.1 Å². The number of carboxylic acids is 1. The van der Waals surface area contributed by atoms with Crippen molar-refractivity contribution < 1.29 is 19.4 Å². The molecule has 104 valence electrons. The minimum atomic E-state index is -0.970. The van der Waals surface area contributed by atoms with Gasteiger partial charge < -0.3 is 14.6 Å². The number of rotatable bonds is 4. The molecular weight excluding hydrogens is 324 g/mol. The highest BCUT2D eigenvalue weighted by Crippen LogP contribution is 2.34. The number of carboxylic acid groups (broad SMARTS) is 1.